The third-order valence-corrected chi connectivity index (χ3v) is 5.19. The standard InChI is InChI=1S/C17H24FNO/c1-3-19-8-6-12(7-9-19)14-5-4-13-10-16(18)17(20-2)11-15(13)14/h10-12,14H,3-9H2,1-2H3. The van der Waals surface area contributed by atoms with E-state index in [0.29, 0.717) is 11.7 Å². The van der Waals surface area contributed by atoms with Gasteiger partial charge >= 0.3 is 0 Å². The molecule has 1 aliphatic carbocycles. The zero-order valence-electron chi connectivity index (χ0n) is 12.5. The SMILES string of the molecule is CCN1CCC(C2CCc3cc(F)c(OC)cc32)CC1. The largest absolute Gasteiger partial charge is 0.494 e. The Morgan fingerprint density at radius 2 is 2.00 bits per heavy atom. The van der Waals surface area contributed by atoms with E-state index in [2.05, 4.69) is 11.8 Å². The number of rotatable bonds is 3. The molecule has 1 heterocycles. The van der Waals surface area contributed by atoms with Crippen LogP contribution in [-0.4, -0.2) is 31.6 Å². The van der Waals surface area contributed by atoms with Crippen molar-refractivity contribution < 1.29 is 9.13 Å². The van der Waals surface area contributed by atoms with E-state index in [4.69, 9.17) is 4.74 Å². The highest BCUT2D eigenvalue weighted by molar-refractivity contribution is 5.42. The number of benzene rings is 1. The van der Waals surface area contributed by atoms with Crippen LogP contribution >= 0.6 is 0 Å². The van der Waals surface area contributed by atoms with Crippen molar-refractivity contribution in [3.63, 3.8) is 0 Å². The number of piperidine rings is 1. The van der Waals surface area contributed by atoms with E-state index in [-0.39, 0.29) is 5.82 Å². The van der Waals surface area contributed by atoms with Gasteiger partial charge in [0.15, 0.2) is 11.6 Å². The first-order valence-corrected chi connectivity index (χ1v) is 7.81. The number of ether oxygens (including phenoxy) is 1. The van der Waals surface area contributed by atoms with E-state index >= 15 is 0 Å². The fourth-order valence-electron chi connectivity index (χ4n) is 3.96. The Kier molecular flexibility index (Phi) is 3.97. The molecule has 1 fully saturated rings. The average molecular weight is 277 g/mol. The van der Waals surface area contributed by atoms with Crippen LogP contribution in [-0.2, 0) is 6.42 Å². The van der Waals surface area contributed by atoms with Crippen LogP contribution in [0.3, 0.4) is 0 Å². The highest BCUT2D eigenvalue weighted by Crippen LogP contribution is 2.44. The van der Waals surface area contributed by atoms with E-state index in [1.165, 1.54) is 43.5 Å². The van der Waals surface area contributed by atoms with Crippen LogP contribution in [0.4, 0.5) is 4.39 Å². The van der Waals surface area contributed by atoms with Gasteiger partial charge in [-0.05, 0) is 80.4 Å². The smallest absolute Gasteiger partial charge is 0.165 e. The summed E-state index contributed by atoms with van der Waals surface area (Å²) in [4.78, 5) is 2.53. The molecule has 0 spiro atoms. The van der Waals surface area contributed by atoms with Gasteiger partial charge in [-0.15, -0.1) is 0 Å². The number of nitrogens with zero attached hydrogens (tertiary/aromatic N) is 1. The molecule has 1 aromatic rings. The molecule has 0 aromatic heterocycles. The van der Waals surface area contributed by atoms with Gasteiger partial charge in [-0.25, -0.2) is 4.39 Å². The van der Waals surface area contributed by atoms with Crippen molar-refractivity contribution >= 4 is 0 Å². The maximum absolute atomic E-state index is 13.8. The van der Waals surface area contributed by atoms with Crippen LogP contribution < -0.4 is 4.74 Å². The Morgan fingerprint density at radius 3 is 2.65 bits per heavy atom. The van der Waals surface area contributed by atoms with Crippen molar-refractivity contribution in [3.05, 3.63) is 29.1 Å². The molecule has 2 nitrogen and oxygen atoms in total. The molecule has 0 amide bonds. The van der Waals surface area contributed by atoms with Crippen molar-refractivity contribution in [2.45, 2.75) is 38.5 Å². The van der Waals surface area contributed by atoms with Gasteiger partial charge in [0.05, 0.1) is 7.11 Å². The second-order valence-corrected chi connectivity index (χ2v) is 6.10. The predicted octanol–water partition coefficient (Wildman–Crippen LogP) is 3.60. The second-order valence-electron chi connectivity index (χ2n) is 6.10. The molecule has 0 bridgehead atoms. The number of methoxy groups -OCH3 is 1. The molecule has 3 rings (SSSR count). The zero-order chi connectivity index (χ0) is 14.1. The number of likely N-dealkylation sites (tertiary alicyclic amines) is 1. The third kappa shape index (κ3) is 2.44. The Morgan fingerprint density at radius 1 is 1.25 bits per heavy atom. The topological polar surface area (TPSA) is 12.5 Å². The minimum atomic E-state index is -0.215. The van der Waals surface area contributed by atoms with Gasteiger partial charge in [-0.2, -0.15) is 0 Å². The molecule has 0 N–H and O–H groups in total. The summed E-state index contributed by atoms with van der Waals surface area (Å²) >= 11 is 0. The number of halogens is 1. The Balaban J connectivity index is 1.79. The lowest BCUT2D eigenvalue weighted by atomic mass is 9.81. The summed E-state index contributed by atoms with van der Waals surface area (Å²) in [5.74, 6) is 1.56. The second kappa shape index (κ2) is 5.72. The van der Waals surface area contributed by atoms with Crippen LogP contribution in [0.25, 0.3) is 0 Å². The lowest BCUT2D eigenvalue weighted by Gasteiger charge is -2.34. The van der Waals surface area contributed by atoms with Crippen molar-refractivity contribution in [1.29, 1.82) is 0 Å². The molecule has 110 valence electrons. The number of fused-ring (bicyclic) bond motifs is 1. The quantitative estimate of drug-likeness (QED) is 0.837. The van der Waals surface area contributed by atoms with Gasteiger partial charge in [0, 0.05) is 0 Å². The minimum Gasteiger partial charge on any atom is -0.494 e. The number of aryl methyl sites for hydroxylation is 1. The minimum absolute atomic E-state index is 0.215. The normalized spacial score (nSPS) is 23.9. The lowest BCUT2D eigenvalue weighted by molar-refractivity contribution is 0.174. The van der Waals surface area contributed by atoms with E-state index in [9.17, 15) is 4.39 Å². The van der Waals surface area contributed by atoms with E-state index in [1.54, 1.807) is 13.2 Å². The highest BCUT2D eigenvalue weighted by atomic mass is 19.1. The molecule has 3 heteroatoms. The summed E-state index contributed by atoms with van der Waals surface area (Å²) in [6.07, 6.45) is 4.75. The first-order chi connectivity index (χ1) is 9.72. The molecule has 1 aromatic carbocycles. The van der Waals surface area contributed by atoms with Gasteiger partial charge in [0.1, 0.15) is 0 Å². The molecule has 1 unspecified atom stereocenters. The number of hydrogen-bond acceptors (Lipinski definition) is 2. The third-order valence-electron chi connectivity index (χ3n) is 5.19. The summed E-state index contributed by atoms with van der Waals surface area (Å²) in [5.41, 5.74) is 2.55. The summed E-state index contributed by atoms with van der Waals surface area (Å²) in [6.45, 7) is 5.82. The summed E-state index contributed by atoms with van der Waals surface area (Å²) < 4.78 is 18.9. The highest BCUT2D eigenvalue weighted by Gasteiger charge is 2.32. The van der Waals surface area contributed by atoms with E-state index in [1.807, 2.05) is 6.07 Å². The first-order valence-electron chi connectivity index (χ1n) is 7.81. The van der Waals surface area contributed by atoms with Crippen LogP contribution in [0, 0.1) is 11.7 Å². The maximum Gasteiger partial charge on any atom is 0.165 e. The fraction of sp³-hybridized carbons (Fsp3) is 0.647. The van der Waals surface area contributed by atoms with Gasteiger partial charge in [-0.1, -0.05) is 6.92 Å². The molecule has 0 saturated carbocycles. The molecular weight excluding hydrogens is 253 g/mol. The molecule has 1 aliphatic heterocycles. The van der Waals surface area contributed by atoms with E-state index in [0.717, 1.165) is 18.9 Å². The predicted molar refractivity (Wildman–Crippen MR) is 78.9 cm³/mol. The Labute approximate surface area is 120 Å². The summed E-state index contributed by atoms with van der Waals surface area (Å²) in [6, 6.07) is 3.64. The maximum atomic E-state index is 13.8. The lowest BCUT2D eigenvalue weighted by Crippen LogP contribution is -2.35. The Bertz CT molecular complexity index is 480. The van der Waals surface area contributed by atoms with Gasteiger partial charge < -0.3 is 9.64 Å². The van der Waals surface area contributed by atoms with Gasteiger partial charge in [0.25, 0.3) is 0 Å². The van der Waals surface area contributed by atoms with Crippen LogP contribution in [0.2, 0.25) is 0 Å². The molecule has 0 radical (unpaired) electrons. The molecular formula is C17H24FNO. The Hall–Kier alpha value is -1.09. The molecule has 20 heavy (non-hydrogen) atoms. The molecule has 1 saturated heterocycles. The zero-order valence-corrected chi connectivity index (χ0v) is 12.5. The van der Waals surface area contributed by atoms with Crippen LogP contribution in [0.15, 0.2) is 12.1 Å². The van der Waals surface area contributed by atoms with Crippen LogP contribution in [0.5, 0.6) is 5.75 Å². The van der Waals surface area contributed by atoms with Crippen molar-refractivity contribution in [2.75, 3.05) is 26.7 Å². The van der Waals surface area contributed by atoms with Crippen molar-refractivity contribution in [3.8, 4) is 5.75 Å². The van der Waals surface area contributed by atoms with E-state index < -0.39 is 0 Å². The van der Waals surface area contributed by atoms with Gasteiger partial charge in [0.2, 0.25) is 0 Å². The summed E-state index contributed by atoms with van der Waals surface area (Å²) in [5, 5.41) is 0. The van der Waals surface area contributed by atoms with Crippen molar-refractivity contribution in [2.24, 2.45) is 5.92 Å². The fourth-order valence-corrected chi connectivity index (χ4v) is 3.96. The number of hydrogen-bond donors (Lipinski definition) is 0. The molecule has 1 atom stereocenters. The summed E-state index contributed by atoms with van der Waals surface area (Å²) in [7, 11) is 1.55. The van der Waals surface area contributed by atoms with Gasteiger partial charge in [-0.3, -0.25) is 0 Å². The average Bonchev–Trinajstić information content (AvgIpc) is 2.89. The monoisotopic (exact) mass is 277 g/mol. The van der Waals surface area contributed by atoms with Crippen LogP contribution in [0.1, 0.15) is 43.2 Å². The molecule has 2 aliphatic rings. The first kappa shape index (κ1) is 13.9. The van der Waals surface area contributed by atoms with Crippen molar-refractivity contribution in [1.82, 2.24) is 4.90 Å².